The van der Waals surface area contributed by atoms with Gasteiger partial charge in [0.05, 0.1) is 12.5 Å². The number of carbonyl (C=O) groups is 1. The zero-order valence-electron chi connectivity index (χ0n) is 13.5. The van der Waals surface area contributed by atoms with E-state index >= 15 is 0 Å². The molecule has 2 aromatic rings. The summed E-state index contributed by atoms with van der Waals surface area (Å²) in [6, 6.07) is 12.0. The Bertz CT molecular complexity index is 645. The van der Waals surface area contributed by atoms with Crippen LogP contribution in [0.2, 0.25) is 0 Å². The monoisotopic (exact) mass is 329 g/mol. The van der Waals surface area contributed by atoms with Gasteiger partial charge in [0.25, 0.3) is 0 Å². The van der Waals surface area contributed by atoms with Gasteiger partial charge in [-0.2, -0.15) is 0 Å². The minimum atomic E-state index is -0.328. The first kappa shape index (κ1) is 16.1. The molecule has 3 nitrogen and oxygen atoms in total. The van der Waals surface area contributed by atoms with Crippen molar-refractivity contribution in [2.45, 2.75) is 44.1 Å². The zero-order chi connectivity index (χ0) is 16.1. The lowest BCUT2D eigenvalue weighted by molar-refractivity contribution is -0.128. The maximum absolute atomic E-state index is 13.0. The van der Waals surface area contributed by atoms with Crippen LogP contribution in [0.15, 0.2) is 41.8 Å². The van der Waals surface area contributed by atoms with E-state index in [1.54, 1.807) is 18.4 Å². The van der Waals surface area contributed by atoms with E-state index in [1.165, 1.54) is 11.3 Å². The van der Waals surface area contributed by atoms with Crippen molar-refractivity contribution in [3.8, 4) is 5.75 Å². The summed E-state index contributed by atoms with van der Waals surface area (Å²) in [7, 11) is 1.66. The Morgan fingerprint density at radius 2 is 2.04 bits per heavy atom. The van der Waals surface area contributed by atoms with Crippen molar-refractivity contribution in [3.05, 3.63) is 52.2 Å². The SMILES string of the molecule is COc1cccc(CNC(=O)C2(c3cccs3)CCCCC2)c1. The molecule has 0 aliphatic heterocycles. The van der Waals surface area contributed by atoms with Gasteiger partial charge in [-0.25, -0.2) is 0 Å². The fourth-order valence-electron chi connectivity index (χ4n) is 3.43. The average molecular weight is 329 g/mol. The fraction of sp³-hybridized carbons (Fsp3) is 0.421. The number of ether oxygens (including phenoxy) is 1. The van der Waals surface area contributed by atoms with Gasteiger partial charge in [0.15, 0.2) is 0 Å². The van der Waals surface area contributed by atoms with Crippen LogP contribution >= 0.6 is 11.3 Å². The third kappa shape index (κ3) is 3.42. The highest BCUT2D eigenvalue weighted by Crippen LogP contribution is 2.41. The van der Waals surface area contributed by atoms with Gasteiger partial charge in [-0.3, -0.25) is 4.79 Å². The van der Waals surface area contributed by atoms with Gasteiger partial charge in [0, 0.05) is 11.4 Å². The zero-order valence-corrected chi connectivity index (χ0v) is 14.3. The van der Waals surface area contributed by atoms with Gasteiger partial charge < -0.3 is 10.1 Å². The van der Waals surface area contributed by atoms with Crippen LogP contribution in [-0.4, -0.2) is 13.0 Å². The van der Waals surface area contributed by atoms with Crippen molar-refractivity contribution in [1.29, 1.82) is 0 Å². The molecule has 0 radical (unpaired) electrons. The molecule has 122 valence electrons. The van der Waals surface area contributed by atoms with Gasteiger partial charge >= 0.3 is 0 Å². The normalized spacial score (nSPS) is 16.7. The van der Waals surface area contributed by atoms with Crippen molar-refractivity contribution < 1.29 is 9.53 Å². The predicted octanol–water partition coefficient (Wildman–Crippen LogP) is 4.28. The molecule has 3 rings (SSSR count). The Morgan fingerprint density at radius 3 is 2.74 bits per heavy atom. The smallest absolute Gasteiger partial charge is 0.231 e. The van der Waals surface area contributed by atoms with Crippen LogP contribution in [0.5, 0.6) is 5.75 Å². The maximum Gasteiger partial charge on any atom is 0.231 e. The largest absolute Gasteiger partial charge is 0.497 e. The summed E-state index contributed by atoms with van der Waals surface area (Å²) in [5, 5.41) is 5.23. The highest BCUT2D eigenvalue weighted by molar-refractivity contribution is 7.10. The number of thiophene rings is 1. The lowest BCUT2D eigenvalue weighted by atomic mass is 9.72. The standard InChI is InChI=1S/C19H23NO2S/c1-22-16-8-5-7-15(13-16)14-20-18(21)19(10-3-2-4-11-19)17-9-6-12-23-17/h5-9,12-13H,2-4,10-11,14H2,1H3,(H,20,21). The molecule has 0 bridgehead atoms. The Labute approximate surface area is 141 Å². The van der Waals surface area contributed by atoms with Crippen LogP contribution < -0.4 is 10.1 Å². The summed E-state index contributed by atoms with van der Waals surface area (Å²) in [5.74, 6) is 0.991. The number of hydrogen-bond acceptors (Lipinski definition) is 3. The van der Waals surface area contributed by atoms with Crippen LogP contribution in [0.1, 0.15) is 42.5 Å². The first-order valence-corrected chi connectivity index (χ1v) is 9.08. The van der Waals surface area contributed by atoms with Gasteiger partial charge in [-0.1, -0.05) is 37.5 Å². The lowest BCUT2D eigenvalue weighted by Gasteiger charge is -2.35. The molecule has 1 aliphatic rings. The summed E-state index contributed by atoms with van der Waals surface area (Å²) >= 11 is 1.70. The Kier molecular flexibility index (Phi) is 5.01. The first-order valence-electron chi connectivity index (χ1n) is 8.20. The molecular weight excluding hydrogens is 306 g/mol. The molecule has 1 N–H and O–H groups in total. The Morgan fingerprint density at radius 1 is 1.22 bits per heavy atom. The molecule has 1 aromatic heterocycles. The van der Waals surface area contributed by atoms with E-state index in [4.69, 9.17) is 4.74 Å². The topological polar surface area (TPSA) is 38.3 Å². The second-order valence-corrected chi connectivity index (χ2v) is 7.10. The van der Waals surface area contributed by atoms with Crippen LogP contribution in [0.25, 0.3) is 0 Å². The quantitative estimate of drug-likeness (QED) is 0.889. The minimum absolute atomic E-state index is 0.169. The van der Waals surface area contributed by atoms with Crippen LogP contribution in [0, 0.1) is 0 Å². The molecule has 23 heavy (non-hydrogen) atoms. The van der Waals surface area contributed by atoms with E-state index in [0.29, 0.717) is 6.54 Å². The van der Waals surface area contributed by atoms with E-state index in [-0.39, 0.29) is 11.3 Å². The molecule has 1 aromatic carbocycles. The van der Waals surface area contributed by atoms with Crippen LogP contribution in [-0.2, 0) is 16.8 Å². The van der Waals surface area contributed by atoms with Gasteiger partial charge in [-0.05, 0) is 42.0 Å². The van der Waals surface area contributed by atoms with E-state index in [9.17, 15) is 4.79 Å². The van der Waals surface area contributed by atoms with Crippen molar-refractivity contribution in [1.82, 2.24) is 5.32 Å². The first-order chi connectivity index (χ1) is 11.2. The van der Waals surface area contributed by atoms with Crippen molar-refractivity contribution >= 4 is 17.2 Å². The number of amides is 1. The van der Waals surface area contributed by atoms with Gasteiger partial charge in [0.2, 0.25) is 5.91 Å². The molecule has 0 spiro atoms. The number of benzene rings is 1. The third-order valence-corrected chi connectivity index (χ3v) is 5.80. The number of methoxy groups -OCH3 is 1. The molecule has 0 unspecified atom stereocenters. The van der Waals surface area contributed by atoms with Crippen molar-refractivity contribution in [3.63, 3.8) is 0 Å². The van der Waals surface area contributed by atoms with Crippen molar-refractivity contribution in [2.24, 2.45) is 0 Å². The molecule has 1 heterocycles. The number of carbonyl (C=O) groups excluding carboxylic acids is 1. The van der Waals surface area contributed by atoms with E-state index in [2.05, 4.69) is 16.8 Å². The third-order valence-electron chi connectivity index (χ3n) is 4.72. The molecular formula is C19H23NO2S. The van der Waals surface area contributed by atoms with Crippen LogP contribution in [0.3, 0.4) is 0 Å². The molecule has 1 saturated carbocycles. The molecule has 0 saturated heterocycles. The summed E-state index contributed by atoms with van der Waals surface area (Å²) < 4.78 is 5.25. The summed E-state index contributed by atoms with van der Waals surface area (Å²) in [4.78, 5) is 14.2. The second-order valence-electron chi connectivity index (χ2n) is 6.15. The average Bonchev–Trinajstić information content (AvgIpc) is 3.15. The van der Waals surface area contributed by atoms with Gasteiger partial charge in [-0.15, -0.1) is 11.3 Å². The van der Waals surface area contributed by atoms with E-state index < -0.39 is 0 Å². The van der Waals surface area contributed by atoms with E-state index in [1.807, 2.05) is 30.3 Å². The Balaban J connectivity index is 1.74. The van der Waals surface area contributed by atoms with Crippen LogP contribution in [0.4, 0.5) is 0 Å². The molecule has 1 fully saturated rings. The highest BCUT2D eigenvalue weighted by atomic mass is 32.1. The number of nitrogens with one attached hydrogen (secondary N) is 1. The highest BCUT2D eigenvalue weighted by Gasteiger charge is 2.41. The van der Waals surface area contributed by atoms with Crippen molar-refractivity contribution in [2.75, 3.05) is 7.11 Å². The minimum Gasteiger partial charge on any atom is -0.497 e. The molecule has 0 atom stereocenters. The second kappa shape index (κ2) is 7.18. The molecule has 1 amide bonds. The number of hydrogen-bond donors (Lipinski definition) is 1. The summed E-state index contributed by atoms with van der Waals surface area (Å²) in [5.41, 5.74) is 0.737. The lowest BCUT2D eigenvalue weighted by Crippen LogP contribution is -2.45. The fourth-order valence-corrected chi connectivity index (χ4v) is 4.41. The number of rotatable bonds is 5. The molecule has 1 aliphatic carbocycles. The predicted molar refractivity (Wildman–Crippen MR) is 93.9 cm³/mol. The molecule has 4 heteroatoms. The summed E-state index contributed by atoms with van der Waals surface area (Å²) in [6.45, 7) is 0.545. The Hall–Kier alpha value is -1.81. The van der Waals surface area contributed by atoms with Gasteiger partial charge in [0.1, 0.15) is 5.75 Å². The van der Waals surface area contributed by atoms with E-state index in [0.717, 1.165) is 37.0 Å². The maximum atomic E-state index is 13.0. The summed E-state index contributed by atoms with van der Waals surface area (Å²) in [6.07, 6.45) is 5.40.